The first-order chi connectivity index (χ1) is 13.1. The van der Waals surface area contributed by atoms with E-state index in [1.807, 2.05) is 22.8 Å². The van der Waals surface area contributed by atoms with Crippen molar-refractivity contribution in [2.24, 2.45) is 0 Å². The smallest absolute Gasteiger partial charge is 0.263 e. The predicted molar refractivity (Wildman–Crippen MR) is 102 cm³/mol. The Morgan fingerprint density at radius 1 is 1.11 bits per heavy atom. The normalized spacial score (nSPS) is 21.4. The lowest BCUT2D eigenvalue weighted by Crippen LogP contribution is -2.51. The molecule has 134 valence electrons. The molecule has 3 aromatic heterocycles. The zero-order valence-corrected chi connectivity index (χ0v) is 15.1. The van der Waals surface area contributed by atoms with Crippen molar-refractivity contribution < 1.29 is 0 Å². The van der Waals surface area contributed by atoms with Crippen LogP contribution in [0, 0.1) is 11.8 Å². The number of pyridine rings is 2. The van der Waals surface area contributed by atoms with Crippen LogP contribution in [-0.2, 0) is 13.1 Å². The van der Waals surface area contributed by atoms with E-state index in [0.29, 0.717) is 35.5 Å². The van der Waals surface area contributed by atoms with Gasteiger partial charge in [0.05, 0.1) is 11.9 Å². The molecule has 0 saturated carbocycles. The fourth-order valence-corrected chi connectivity index (χ4v) is 4.10. The molecule has 0 unspecified atom stereocenters. The van der Waals surface area contributed by atoms with Crippen molar-refractivity contribution in [2.75, 3.05) is 6.54 Å². The maximum absolute atomic E-state index is 13.0. The highest BCUT2D eigenvalue weighted by atomic mass is 16.1. The first kappa shape index (κ1) is 16.2. The highest BCUT2D eigenvalue weighted by molar-refractivity contribution is 5.74. The van der Waals surface area contributed by atoms with Crippen molar-refractivity contribution in [3.63, 3.8) is 0 Å². The van der Waals surface area contributed by atoms with Gasteiger partial charge in [-0.3, -0.25) is 14.3 Å². The van der Waals surface area contributed by atoms with Crippen LogP contribution in [0.3, 0.4) is 0 Å². The molecule has 0 N–H and O–H groups in total. The Kier molecular flexibility index (Phi) is 3.59. The SMILES string of the molecule is C[C@]12CCCN1Cc1nc3nc(C#Cc4ccccn4)ccc3c(=O)n1C2. The molecule has 0 aliphatic carbocycles. The summed E-state index contributed by atoms with van der Waals surface area (Å²) in [4.78, 5) is 28.9. The van der Waals surface area contributed by atoms with E-state index in [4.69, 9.17) is 4.98 Å². The number of hydrogen-bond acceptors (Lipinski definition) is 5. The molecule has 27 heavy (non-hydrogen) atoms. The third kappa shape index (κ3) is 2.71. The zero-order valence-electron chi connectivity index (χ0n) is 15.1. The van der Waals surface area contributed by atoms with E-state index >= 15 is 0 Å². The van der Waals surface area contributed by atoms with Gasteiger partial charge in [-0.05, 0) is 62.4 Å². The summed E-state index contributed by atoms with van der Waals surface area (Å²) in [5.41, 5.74) is 1.81. The molecular weight excluding hydrogens is 338 g/mol. The van der Waals surface area contributed by atoms with E-state index in [1.165, 1.54) is 6.42 Å². The second-order valence-corrected chi connectivity index (χ2v) is 7.47. The molecule has 0 amide bonds. The molecule has 1 fully saturated rings. The fraction of sp³-hybridized carbons (Fsp3) is 0.333. The lowest BCUT2D eigenvalue weighted by molar-refractivity contribution is 0.0923. The maximum Gasteiger partial charge on any atom is 0.263 e. The molecule has 1 saturated heterocycles. The Bertz CT molecular complexity index is 1160. The number of aromatic nitrogens is 4. The Labute approximate surface area is 156 Å². The van der Waals surface area contributed by atoms with Gasteiger partial charge >= 0.3 is 0 Å². The first-order valence-electron chi connectivity index (χ1n) is 9.21. The molecule has 0 bridgehead atoms. The lowest BCUT2D eigenvalue weighted by atomic mass is 9.97. The summed E-state index contributed by atoms with van der Waals surface area (Å²) in [6.45, 7) is 4.71. The third-order valence-corrected chi connectivity index (χ3v) is 5.62. The molecule has 2 aliphatic heterocycles. The molecule has 2 aliphatic rings. The summed E-state index contributed by atoms with van der Waals surface area (Å²) in [6.07, 6.45) is 4.00. The third-order valence-electron chi connectivity index (χ3n) is 5.62. The minimum absolute atomic E-state index is 0.000453. The molecule has 5 rings (SSSR count). The van der Waals surface area contributed by atoms with Crippen LogP contribution in [0.25, 0.3) is 11.0 Å². The van der Waals surface area contributed by atoms with Gasteiger partial charge in [-0.2, -0.15) is 0 Å². The van der Waals surface area contributed by atoms with Gasteiger partial charge in [-0.1, -0.05) is 6.07 Å². The minimum Gasteiger partial charge on any atom is -0.293 e. The van der Waals surface area contributed by atoms with Crippen LogP contribution in [0.1, 0.15) is 37.0 Å². The molecule has 5 heterocycles. The summed E-state index contributed by atoms with van der Waals surface area (Å²) >= 11 is 0. The van der Waals surface area contributed by atoms with Crippen LogP contribution in [0.4, 0.5) is 0 Å². The molecule has 6 nitrogen and oxygen atoms in total. The number of nitrogens with zero attached hydrogens (tertiary/aromatic N) is 5. The molecule has 6 heteroatoms. The van der Waals surface area contributed by atoms with Crippen molar-refractivity contribution in [2.45, 2.75) is 38.4 Å². The van der Waals surface area contributed by atoms with Crippen molar-refractivity contribution in [1.29, 1.82) is 0 Å². The van der Waals surface area contributed by atoms with Crippen LogP contribution < -0.4 is 5.56 Å². The van der Waals surface area contributed by atoms with Crippen LogP contribution in [-0.4, -0.2) is 36.5 Å². The molecule has 0 radical (unpaired) electrons. The number of rotatable bonds is 0. The molecule has 0 aromatic carbocycles. The van der Waals surface area contributed by atoms with Crippen molar-refractivity contribution in [3.8, 4) is 11.8 Å². The summed E-state index contributed by atoms with van der Waals surface area (Å²) in [7, 11) is 0. The maximum atomic E-state index is 13.0. The molecule has 3 aromatic rings. The van der Waals surface area contributed by atoms with Crippen molar-refractivity contribution in [1.82, 2.24) is 24.4 Å². The van der Waals surface area contributed by atoms with E-state index in [9.17, 15) is 4.79 Å². The monoisotopic (exact) mass is 357 g/mol. The number of fused-ring (bicyclic) bond motifs is 3. The molecule has 1 atom stereocenters. The Morgan fingerprint density at radius 2 is 2.00 bits per heavy atom. The molecular formula is C21H19N5O. The fourth-order valence-electron chi connectivity index (χ4n) is 4.10. The van der Waals surface area contributed by atoms with Gasteiger partial charge in [0.15, 0.2) is 5.65 Å². The average Bonchev–Trinajstić information content (AvgIpc) is 3.06. The predicted octanol–water partition coefficient (Wildman–Crippen LogP) is 1.95. The van der Waals surface area contributed by atoms with E-state index in [-0.39, 0.29) is 11.1 Å². The summed E-state index contributed by atoms with van der Waals surface area (Å²) in [6, 6.07) is 9.16. The van der Waals surface area contributed by atoms with Crippen molar-refractivity contribution >= 4 is 11.0 Å². The quantitative estimate of drug-likeness (QED) is 0.576. The average molecular weight is 357 g/mol. The van der Waals surface area contributed by atoms with Crippen LogP contribution in [0.2, 0.25) is 0 Å². The van der Waals surface area contributed by atoms with E-state index in [1.54, 1.807) is 18.3 Å². The van der Waals surface area contributed by atoms with Gasteiger partial charge < -0.3 is 0 Å². The van der Waals surface area contributed by atoms with Gasteiger partial charge in [-0.25, -0.2) is 15.0 Å². The van der Waals surface area contributed by atoms with Crippen LogP contribution in [0.5, 0.6) is 0 Å². The summed E-state index contributed by atoms with van der Waals surface area (Å²) in [5, 5.41) is 0.553. The second-order valence-electron chi connectivity index (χ2n) is 7.47. The van der Waals surface area contributed by atoms with Gasteiger partial charge in [0.2, 0.25) is 0 Å². The zero-order chi connectivity index (χ0) is 18.4. The minimum atomic E-state index is -0.000453. The Hall–Kier alpha value is -3.04. The topological polar surface area (TPSA) is 63.9 Å². The van der Waals surface area contributed by atoms with E-state index < -0.39 is 0 Å². The summed E-state index contributed by atoms with van der Waals surface area (Å²) < 4.78 is 1.84. The summed E-state index contributed by atoms with van der Waals surface area (Å²) in [5.74, 6) is 6.81. The van der Waals surface area contributed by atoms with E-state index in [2.05, 4.69) is 33.6 Å². The van der Waals surface area contributed by atoms with Crippen molar-refractivity contribution in [3.05, 3.63) is 64.1 Å². The highest BCUT2D eigenvalue weighted by Gasteiger charge is 2.41. The Morgan fingerprint density at radius 3 is 2.85 bits per heavy atom. The van der Waals surface area contributed by atoms with Gasteiger partial charge in [0.25, 0.3) is 5.56 Å². The Balaban J connectivity index is 1.58. The largest absolute Gasteiger partial charge is 0.293 e. The highest BCUT2D eigenvalue weighted by Crippen LogP contribution is 2.34. The van der Waals surface area contributed by atoms with Crippen LogP contribution in [0.15, 0.2) is 41.3 Å². The number of hydrogen-bond donors (Lipinski definition) is 0. The lowest BCUT2D eigenvalue weighted by Gasteiger charge is -2.40. The van der Waals surface area contributed by atoms with E-state index in [0.717, 1.165) is 18.8 Å². The standard InChI is InChI=1S/C21H19N5O/c1-21-10-4-12-25(21)13-18-24-19-17(20(27)26(18)14-21)9-8-16(23-19)7-6-15-5-2-3-11-22-15/h2-3,5,8-9,11H,4,10,12-14H2,1H3/t21-/m1/s1. The first-order valence-corrected chi connectivity index (χ1v) is 9.21. The van der Waals surface area contributed by atoms with Gasteiger partial charge in [0, 0.05) is 18.3 Å². The van der Waals surface area contributed by atoms with Gasteiger partial charge in [-0.15, -0.1) is 0 Å². The van der Waals surface area contributed by atoms with Gasteiger partial charge in [0.1, 0.15) is 17.2 Å². The second kappa shape index (κ2) is 6.00. The molecule has 0 spiro atoms. The van der Waals surface area contributed by atoms with Crippen LogP contribution >= 0.6 is 0 Å².